The summed E-state index contributed by atoms with van der Waals surface area (Å²) in [5.41, 5.74) is 7.98. The zero-order valence-electron chi connectivity index (χ0n) is 27.4. The Balaban J connectivity index is 0.000000421. The van der Waals surface area contributed by atoms with Crippen molar-refractivity contribution in [2.45, 2.75) is 94.3 Å². The van der Waals surface area contributed by atoms with Gasteiger partial charge in [-0.25, -0.2) is 18.7 Å². The maximum Gasteiger partial charge on any atom is 0.225 e. The molecule has 1 saturated heterocycles. The summed E-state index contributed by atoms with van der Waals surface area (Å²) in [5, 5.41) is 10.6. The normalized spacial score (nSPS) is 15.2. The van der Waals surface area contributed by atoms with Crippen LogP contribution in [0.4, 0.5) is 19.7 Å². The van der Waals surface area contributed by atoms with Crippen LogP contribution in [0.3, 0.4) is 0 Å². The molecule has 2 N–H and O–H groups in total. The lowest BCUT2D eigenvalue weighted by molar-refractivity contribution is 0.135. The molecule has 0 amide bonds. The summed E-state index contributed by atoms with van der Waals surface area (Å²) in [6.07, 6.45) is 7.86. The molecule has 10 heteroatoms. The van der Waals surface area contributed by atoms with E-state index in [-0.39, 0.29) is 50.6 Å². The number of nitrogens with zero attached hydrogens (tertiary/aromatic N) is 5. The molecule has 0 radical (unpaired) electrons. The van der Waals surface area contributed by atoms with Crippen molar-refractivity contribution < 1.29 is 13.5 Å². The first-order valence-electron chi connectivity index (χ1n) is 15.8. The second kappa shape index (κ2) is 16.1. The first kappa shape index (κ1) is 35.1. The van der Waals surface area contributed by atoms with Gasteiger partial charge in [0.15, 0.2) is 11.6 Å². The molecule has 1 aromatic carbocycles. The van der Waals surface area contributed by atoms with Gasteiger partial charge in [0.05, 0.1) is 35.4 Å². The Morgan fingerprint density at radius 2 is 1.84 bits per heavy atom. The van der Waals surface area contributed by atoms with E-state index in [4.69, 9.17) is 10.5 Å². The van der Waals surface area contributed by atoms with E-state index >= 15 is 4.39 Å². The topological polar surface area (TPSA) is 101 Å². The molecular weight excluding hydrogens is 578 g/mol. The van der Waals surface area contributed by atoms with E-state index < -0.39 is 11.6 Å². The predicted octanol–water partition coefficient (Wildman–Crippen LogP) is 9.40. The number of benzene rings is 1. The molecule has 1 fully saturated rings. The highest BCUT2D eigenvalue weighted by atomic mass is 32.1. The van der Waals surface area contributed by atoms with Crippen LogP contribution < -0.4 is 10.6 Å². The summed E-state index contributed by atoms with van der Waals surface area (Å²) < 4.78 is 36.6. The van der Waals surface area contributed by atoms with Gasteiger partial charge in [-0.2, -0.15) is 5.26 Å². The number of halogens is 2. The minimum absolute atomic E-state index is 0.0959. The maximum atomic E-state index is 16.2. The van der Waals surface area contributed by atoms with Crippen LogP contribution >= 0.6 is 11.3 Å². The first-order chi connectivity index (χ1) is 21.2. The van der Waals surface area contributed by atoms with Gasteiger partial charge in [0.2, 0.25) is 5.95 Å². The number of hydrogen-bond donors (Lipinski definition) is 1. The third-order valence-electron chi connectivity index (χ3n) is 7.57. The number of nitrogen functional groups attached to an aromatic ring is 1. The van der Waals surface area contributed by atoms with E-state index in [0.29, 0.717) is 22.8 Å². The van der Waals surface area contributed by atoms with Gasteiger partial charge in [0, 0.05) is 35.6 Å². The summed E-state index contributed by atoms with van der Waals surface area (Å²) in [6, 6.07) is 2.02. The molecule has 44 heavy (non-hydrogen) atoms. The molecule has 0 bridgehead atoms. The van der Waals surface area contributed by atoms with Crippen LogP contribution in [-0.2, 0) is 18.0 Å². The number of nitriles is 1. The van der Waals surface area contributed by atoms with Gasteiger partial charge in [-0.05, 0) is 29.4 Å². The summed E-state index contributed by atoms with van der Waals surface area (Å²) in [7, 11) is 0. The maximum absolute atomic E-state index is 16.2. The number of anilines is 2. The lowest BCUT2D eigenvalue weighted by atomic mass is 9.94. The van der Waals surface area contributed by atoms with E-state index in [2.05, 4.69) is 47.5 Å². The van der Waals surface area contributed by atoms with Gasteiger partial charge in [-0.3, -0.25) is 4.98 Å². The Morgan fingerprint density at radius 1 is 1.14 bits per heavy atom. The quantitative estimate of drug-likeness (QED) is 0.236. The zero-order valence-corrected chi connectivity index (χ0v) is 28.2. The summed E-state index contributed by atoms with van der Waals surface area (Å²) in [6.45, 7) is 19.0. The van der Waals surface area contributed by atoms with Gasteiger partial charge in [0.1, 0.15) is 16.6 Å². The van der Waals surface area contributed by atoms with E-state index in [1.165, 1.54) is 19.3 Å². The van der Waals surface area contributed by atoms with Crippen LogP contribution in [0.25, 0.3) is 32.2 Å². The average Bonchev–Trinajstić information content (AvgIpc) is 3.78. The molecule has 5 heterocycles. The largest absolute Gasteiger partial charge is 0.389 e. The number of aromatic nitrogens is 3. The minimum atomic E-state index is -0.603. The summed E-state index contributed by atoms with van der Waals surface area (Å²) >= 11 is 0.955. The molecule has 6 rings (SSSR count). The molecule has 238 valence electrons. The van der Waals surface area contributed by atoms with E-state index in [1.54, 1.807) is 6.20 Å². The molecule has 7 nitrogen and oxygen atoms in total. The molecule has 3 aromatic heterocycles. The Morgan fingerprint density at radius 3 is 2.43 bits per heavy atom. The molecule has 4 aromatic rings. The Kier molecular flexibility index (Phi) is 12.8. The van der Waals surface area contributed by atoms with Gasteiger partial charge >= 0.3 is 0 Å². The standard InChI is InChI=1S/C23H18F2N6OS.C7H16.2C2H6/c1-10-2-3-31(7-10)23-29-5-12-13-8-32-9-14(13)16(18(25)19(12)30-23)20-17-11(4-26)22(27)33-21(17)15(24)6-28-20;1-4-5-6-7(2)3;2*1-2/h5-6,10H,2-3,7-9,27H2,1H3;7H,4-6H2,1-3H3;2*1-2H3. The van der Waals surface area contributed by atoms with Crippen molar-refractivity contribution >= 4 is 43.3 Å². The molecule has 0 aliphatic carbocycles. The Hall–Kier alpha value is -3.42. The number of ether oxygens (including phenoxy) is 1. The summed E-state index contributed by atoms with van der Waals surface area (Å²) in [4.78, 5) is 15.4. The fraction of sp³-hybridized carbons (Fsp3) is 0.529. The van der Waals surface area contributed by atoms with Crippen molar-refractivity contribution in [2.75, 3.05) is 23.7 Å². The van der Waals surface area contributed by atoms with Crippen molar-refractivity contribution in [3.63, 3.8) is 0 Å². The van der Waals surface area contributed by atoms with E-state index in [9.17, 15) is 9.65 Å². The second-order valence-corrected chi connectivity index (χ2v) is 12.1. The number of pyridine rings is 1. The van der Waals surface area contributed by atoms with Crippen LogP contribution in [0.2, 0.25) is 0 Å². The highest BCUT2D eigenvalue weighted by Crippen LogP contribution is 2.45. The second-order valence-electron chi connectivity index (χ2n) is 11.1. The lowest BCUT2D eigenvalue weighted by Gasteiger charge is -2.18. The Bertz CT molecular complexity index is 1610. The van der Waals surface area contributed by atoms with Gasteiger partial charge in [-0.15, -0.1) is 11.3 Å². The number of nitrogens with two attached hydrogens (primary N) is 1. The molecule has 2 aliphatic rings. The zero-order chi connectivity index (χ0) is 32.6. The van der Waals surface area contributed by atoms with Crippen molar-refractivity contribution in [3.05, 3.63) is 40.7 Å². The number of fused-ring (bicyclic) bond motifs is 4. The summed E-state index contributed by atoms with van der Waals surface area (Å²) in [5.74, 6) is 0.710. The molecule has 0 spiro atoms. The molecule has 1 unspecified atom stereocenters. The predicted molar refractivity (Wildman–Crippen MR) is 179 cm³/mol. The molecular formula is C34H46F2N6OS. The van der Waals surface area contributed by atoms with Crippen LogP contribution in [0.1, 0.15) is 97.8 Å². The van der Waals surface area contributed by atoms with Crippen molar-refractivity contribution in [1.29, 1.82) is 5.26 Å². The fourth-order valence-corrected chi connectivity index (χ4v) is 6.34. The van der Waals surface area contributed by atoms with Crippen molar-refractivity contribution in [3.8, 4) is 17.3 Å². The van der Waals surface area contributed by atoms with Crippen LogP contribution in [0.5, 0.6) is 0 Å². The molecule has 0 saturated carbocycles. The highest BCUT2D eigenvalue weighted by Gasteiger charge is 2.30. The van der Waals surface area contributed by atoms with E-state index in [0.717, 1.165) is 48.5 Å². The van der Waals surface area contributed by atoms with Crippen LogP contribution in [0, 0.1) is 34.8 Å². The first-order valence-corrected chi connectivity index (χ1v) is 16.7. The number of unbranched alkanes of at least 4 members (excludes halogenated alkanes) is 1. The van der Waals surface area contributed by atoms with Crippen molar-refractivity contribution in [2.24, 2.45) is 11.8 Å². The minimum Gasteiger partial charge on any atom is -0.389 e. The van der Waals surface area contributed by atoms with Gasteiger partial charge < -0.3 is 15.4 Å². The van der Waals surface area contributed by atoms with Gasteiger partial charge in [0.25, 0.3) is 0 Å². The van der Waals surface area contributed by atoms with Crippen molar-refractivity contribution in [1.82, 2.24) is 15.0 Å². The van der Waals surface area contributed by atoms with E-state index in [1.807, 2.05) is 33.8 Å². The average molecular weight is 625 g/mol. The van der Waals surface area contributed by atoms with Crippen LogP contribution in [0.15, 0.2) is 12.4 Å². The SMILES string of the molecule is CC.CC.CC1CCN(c2ncc3c4c(c(-c5ncc(F)c6sc(N)c(C#N)c56)c(F)c3n2)COC4)C1.CCCCC(C)C. The third kappa shape index (κ3) is 7.10. The Labute approximate surface area is 264 Å². The van der Waals surface area contributed by atoms with Gasteiger partial charge in [-0.1, -0.05) is 74.7 Å². The number of rotatable bonds is 5. The molecule has 1 atom stereocenters. The third-order valence-corrected chi connectivity index (χ3v) is 8.60. The lowest BCUT2D eigenvalue weighted by Crippen LogP contribution is -2.21. The highest BCUT2D eigenvalue weighted by molar-refractivity contribution is 7.23. The fourth-order valence-electron chi connectivity index (χ4n) is 5.42. The number of thiophene rings is 1. The molecule has 2 aliphatic heterocycles. The van der Waals surface area contributed by atoms with Crippen LogP contribution in [-0.4, -0.2) is 28.0 Å². The number of hydrogen-bond acceptors (Lipinski definition) is 8. The smallest absolute Gasteiger partial charge is 0.225 e. The monoisotopic (exact) mass is 624 g/mol.